The summed E-state index contributed by atoms with van der Waals surface area (Å²) < 4.78 is 5.56. The number of hydrogen-bond donors (Lipinski definition) is 0. The van der Waals surface area contributed by atoms with Gasteiger partial charge in [-0.15, -0.1) is 12.4 Å². The van der Waals surface area contributed by atoms with Crippen LogP contribution in [0.25, 0.3) is 0 Å². The van der Waals surface area contributed by atoms with E-state index in [2.05, 4.69) is 41.5 Å². The average molecular weight is 195 g/mol. The number of rotatable bonds is 2. The number of ether oxygens (including phenoxy) is 1. The lowest BCUT2D eigenvalue weighted by molar-refractivity contribution is 0.0275. The Hall–Kier alpha value is 0.250. The van der Waals surface area contributed by atoms with Crippen molar-refractivity contribution in [1.29, 1.82) is 0 Å². The van der Waals surface area contributed by atoms with Crippen LogP contribution in [0.15, 0.2) is 0 Å². The molecule has 0 spiro atoms. The van der Waals surface area contributed by atoms with Crippen LogP contribution in [-0.4, -0.2) is 13.2 Å². The molecule has 0 aromatic heterocycles. The van der Waals surface area contributed by atoms with Crippen molar-refractivity contribution in [2.45, 2.75) is 41.5 Å². The molecule has 0 aliphatic carbocycles. The molecule has 0 aromatic carbocycles. The number of halogens is 1. The molecule has 0 aliphatic rings. The second-order valence-electron chi connectivity index (χ2n) is 5.61. The Bertz CT molecular complexity index is 94.0. The largest absolute Gasteiger partial charge is 0.380 e. The Morgan fingerprint density at radius 1 is 0.750 bits per heavy atom. The molecule has 0 heterocycles. The molecule has 0 unspecified atom stereocenters. The van der Waals surface area contributed by atoms with E-state index in [1.54, 1.807) is 0 Å². The quantitative estimate of drug-likeness (QED) is 0.654. The second kappa shape index (κ2) is 5.08. The summed E-state index contributed by atoms with van der Waals surface area (Å²) in [4.78, 5) is 0. The van der Waals surface area contributed by atoms with Gasteiger partial charge in [0.15, 0.2) is 0 Å². The summed E-state index contributed by atoms with van der Waals surface area (Å²) in [5.41, 5.74) is 0.594. The first-order valence-electron chi connectivity index (χ1n) is 4.28. The van der Waals surface area contributed by atoms with Crippen LogP contribution in [0.4, 0.5) is 0 Å². The van der Waals surface area contributed by atoms with Crippen LogP contribution in [-0.2, 0) is 4.74 Å². The Balaban J connectivity index is 0. The summed E-state index contributed by atoms with van der Waals surface area (Å²) in [5.74, 6) is 0. The zero-order valence-electron chi connectivity index (χ0n) is 9.23. The van der Waals surface area contributed by atoms with Crippen LogP contribution < -0.4 is 0 Å². The molecule has 0 fully saturated rings. The minimum atomic E-state index is 0. The standard InChI is InChI=1S/C10H22O.ClH/c1-9(2,3)7-11-8-10(4,5)6;/h7-8H2,1-6H3;1H. The third-order valence-electron chi connectivity index (χ3n) is 1.07. The smallest absolute Gasteiger partial charge is 0.0514 e. The molecule has 0 saturated heterocycles. The maximum Gasteiger partial charge on any atom is 0.0514 e. The Morgan fingerprint density at radius 3 is 1.17 bits per heavy atom. The minimum absolute atomic E-state index is 0. The molecule has 2 heteroatoms. The van der Waals surface area contributed by atoms with Gasteiger partial charge in [0, 0.05) is 0 Å². The fourth-order valence-electron chi connectivity index (χ4n) is 0.663. The molecule has 0 N–H and O–H groups in total. The van der Waals surface area contributed by atoms with Crippen LogP contribution in [0, 0.1) is 10.8 Å². The van der Waals surface area contributed by atoms with E-state index in [9.17, 15) is 0 Å². The molecule has 12 heavy (non-hydrogen) atoms. The van der Waals surface area contributed by atoms with Crippen LogP contribution in [0.1, 0.15) is 41.5 Å². The molecular formula is C10H23ClO. The Morgan fingerprint density at radius 2 is 1.00 bits per heavy atom. The fourth-order valence-corrected chi connectivity index (χ4v) is 0.663. The molecular weight excluding hydrogens is 172 g/mol. The monoisotopic (exact) mass is 194 g/mol. The summed E-state index contributed by atoms with van der Waals surface area (Å²) >= 11 is 0. The zero-order chi connectivity index (χ0) is 9.12. The summed E-state index contributed by atoms with van der Waals surface area (Å²) in [5, 5.41) is 0. The normalized spacial score (nSPS) is 12.5. The van der Waals surface area contributed by atoms with Gasteiger partial charge in [-0.25, -0.2) is 0 Å². The molecule has 0 radical (unpaired) electrons. The van der Waals surface area contributed by atoms with Crippen LogP contribution in [0.3, 0.4) is 0 Å². The van der Waals surface area contributed by atoms with E-state index < -0.39 is 0 Å². The van der Waals surface area contributed by atoms with Crippen molar-refractivity contribution in [2.24, 2.45) is 10.8 Å². The molecule has 0 bridgehead atoms. The van der Waals surface area contributed by atoms with Gasteiger partial charge >= 0.3 is 0 Å². The van der Waals surface area contributed by atoms with E-state index in [-0.39, 0.29) is 12.4 Å². The second-order valence-corrected chi connectivity index (χ2v) is 5.61. The predicted molar refractivity (Wildman–Crippen MR) is 57.0 cm³/mol. The lowest BCUT2D eigenvalue weighted by Gasteiger charge is -2.23. The van der Waals surface area contributed by atoms with E-state index in [4.69, 9.17) is 4.74 Å². The van der Waals surface area contributed by atoms with Crippen molar-refractivity contribution in [1.82, 2.24) is 0 Å². The third-order valence-corrected chi connectivity index (χ3v) is 1.07. The van der Waals surface area contributed by atoms with Gasteiger partial charge in [-0.1, -0.05) is 41.5 Å². The van der Waals surface area contributed by atoms with Gasteiger partial charge in [0.25, 0.3) is 0 Å². The molecule has 0 rings (SSSR count). The van der Waals surface area contributed by atoms with Crippen molar-refractivity contribution < 1.29 is 4.74 Å². The zero-order valence-corrected chi connectivity index (χ0v) is 10.0. The highest BCUT2D eigenvalue weighted by Gasteiger charge is 2.14. The first-order valence-corrected chi connectivity index (χ1v) is 4.28. The van der Waals surface area contributed by atoms with Gasteiger partial charge in [-0.3, -0.25) is 0 Å². The maximum absolute atomic E-state index is 5.56. The van der Waals surface area contributed by atoms with Crippen LogP contribution >= 0.6 is 12.4 Å². The molecule has 76 valence electrons. The Labute approximate surface area is 83.3 Å². The molecule has 0 atom stereocenters. The average Bonchev–Trinajstić information content (AvgIpc) is 1.55. The molecule has 0 aromatic rings. The SMILES string of the molecule is CC(C)(C)COCC(C)(C)C.Cl. The summed E-state index contributed by atoms with van der Waals surface area (Å²) in [7, 11) is 0. The lowest BCUT2D eigenvalue weighted by atomic mass is 9.97. The van der Waals surface area contributed by atoms with E-state index in [0.717, 1.165) is 13.2 Å². The first-order chi connectivity index (χ1) is 4.71. The molecule has 0 amide bonds. The molecule has 0 saturated carbocycles. The Kier molecular flexibility index (Phi) is 6.25. The van der Waals surface area contributed by atoms with Crippen molar-refractivity contribution in [2.75, 3.05) is 13.2 Å². The fraction of sp³-hybridized carbons (Fsp3) is 1.00. The van der Waals surface area contributed by atoms with Crippen molar-refractivity contribution in [3.63, 3.8) is 0 Å². The summed E-state index contributed by atoms with van der Waals surface area (Å²) in [6.07, 6.45) is 0. The summed E-state index contributed by atoms with van der Waals surface area (Å²) in [6.45, 7) is 14.8. The van der Waals surface area contributed by atoms with Crippen molar-refractivity contribution in [3.05, 3.63) is 0 Å². The van der Waals surface area contributed by atoms with Gasteiger partial charge in [-0.05, 0) is 10.8 Å². The minimum Gasteiger partial charge on any atom is -0.380 e. The van der Waals surface area contributed by atoms with E-state index in [1.165, 1.54) is 0 Å². The van der Waals surface area contributed by atoms with E-state index in [0.29, 0.717) is 10.8 Å². The third kappa shape index (κ3) is 12.9. The molecule has 1 nitrogen and oxygen atoms in total. The number of hydrogen-bond acceptors (Lipinski definition) is 1. The van der Waals surface area contributed by atoms with E-state index >= 15 is 0 Å². The van der Waals surface area contributed by atoms with Crippen LogP contribution in [0.5, 0.6) is 0 Å². The van der Waals surface area contributed by atoms with Gasteiger partial charge in [0.1, 0.15) is 0 Å². The van der Waals surface area contributed by atoms with Gasteiger partial charge < -0.3 is 4.74 Å². The molecule has 0 aliphatic heterocycles. The predicted octanol–water partition coefficient (Wildman–Crippen LogP) is 3.52. The highest BCUT2D eigenvalue weighted by Crippen LogP contribution is 2.17. The maximum atomic E-state index is 5.56. The van der Waals surface area contributed by atoms with E-state index in [1.807, 2.05) is 0 Å². The van der Waals surface area contributed by atoms with Gasteiger partial charge in [-0.2, -0.15) is 0 Å². The van der Waals surface area contributed by atoms with Gasteiger partial charge in [0.2, 0.25) is 0 Å². The summed E-state index contributed by atoms with van der Waals surface area (Å²) in [6, 6.07) is 0. The highest BCUT2D eigenvalue weighted by atomic mass is 35.5. The van der Waals surface area contributed by atoms with Crippen molar-refractivity contribution >= 4 is 12.4 Å². The lowest BCUT2D eigenvalue weighted by Crippen LogP contribution is -2.21. The highest BCUT2D eigenvalue weighted by molar-refractivity contribution is 5.85. The van der Waals surface area contributed by atoms with Crippen molar-refractivity contribution in [3.8, 4) is 0 Å². The topological polar surface area (TPSA) is 9.23 Å². The van der Waals surface area contributed by atoms with Gasteiger partial charge in [0.05, 0.1) is 13.2 Å². The first kappa shape index (κ1) is 14.8. The van der Waals surface area contributed by atoms with Crippen LogP contribution in [0.2, 0.25) is 0 Å².